The smallest absolute Gasteiger partial charge is 0.329 e. The minimum Gasteiger partial charge on any atom is -0.492 e. The Morgan fingerprint density at radius 1 is 0.886 bits per heavy atom. The number of piperazine rings is 1. The quantitative estimate of drug-likeness (QED) is 0.0714. The molecule has 4 saturated heterocycles. The molecule has 3 N–H and O–H groups in total. The molecule has 3 aromatic carbocycles. The van der Waals surface area contributed by atoms with Gasteiger partial charge in [-0.3, -0.25) is 33.9 Å². The highest BCUT2D eigenvalue weighted by molar-refractivity contribution is 9.10. The number of pyridine rings is 1. The van der Waals surface area contributed by atoms with Crippen molar-refractivity contribution in [1.29, 1.82) is 0 Å². The summed E-state index contributed by atoms with van der Waals surface area (Å²) in [5, 5.41) is 11.2. The molecule has 6 aromatic rings. The number of rotatable bonds is 14. The lowest BCUT2D eigenvalue weighted by Gasteiger charge is -2.43. The van der Waals surface area contributed by atoms with Gasteiger partial charge in [0.25, 0.3) is 0 Å². The number of fused-ring (bicyclic) bond motifs is 2. The number of aromatic nitrogens is 5. The summed E-state index contributed by atoms with van der Waals surface area (Å²) in [4.78, 5) is 60.1. The summed E-state index contributed by atoms with van der Waals surface area (Å²) >= 11 is 3.68. The van der Waals surface area contributed by atoms with Gasteiger partial charge in [-0.05, 0) is 116 Å². The second-order valence-corrected chi connectivity index (χ2v) is 23.2. The standard InChI is InChI=1S/C52H63BrN11O5P/c1-5-34-30-41(57-51-54-32-38(53)49(59-51)56-40-15-14-39-37(13-12-33(3)55-39)48(40)70(68)28-7-8-29-70)45(69-6-2)31-44(34)63-22-19-36(20-23-63)62-26-24-61(25-27-62)21-18-35-10-9-11-42-47(35)60(4)52(67)64(42)43-16-17-46(65)58-50(43)66/h9-15,30-32,36,43H,5-8,16-29H2,1-4H3,(H,58,65,66)(H2,54,56,57,59). The van der Waals surface area contributed by atoms with Crippen LogP contribution in [0.2, 0.25) is 0 Å². The van der Waals surface area contributed by atoms with Gasteiger partial charge in [0, 0.05) is 112 Å². The lowest BCUT2D eigenvalue weighted by atomic mass is 9.99. The van der Waals surface area contributed by atoms with Crippen LogP contribution < -0.4 is 36.6 Å². The number of imidazole rings is 1. The first-order valence-corrected chi connectivity index (χ1v) is 27.9. The first-order valence-electron chi connectivity index (χ1n) is 25.0. The zero-order valence-corrected chi connectivity index (χ0v) is 43.1. The lowest BCUT2D eigenvalue weighted by molar-refractivity contribution is -0.135. The molecule has 0 aliphatic carbocycles. The number of benzene rings is 3. The molecule has 4 aliphatic heterocycles. The summed E-state index contributed by atoms with van der Waals surface area (Å²) < 4.78 is 24.7. The third-order valence-electron chi connectivity index (χ3n) is 14.9. The van der Waals surface area contributed by atoms with E-state index >= 15 is 0 Å². The molecular weight excluding hydrogens is 970 g/mol. The van der Waals surface area contributed by atoms with E-state index < -0.39 is 19.1 Å². The predicted molar refractivity (Wildman–Crippen MR) is 282 cm³/mol. The second-order valence-electron chi connectivity index (χ2n) is 19.2. The van der Waals surface area contributed by atoms with Gasteiger partial charge in [0.2, 0.25) is 17.8 Å². The molecule has 0 spiro atoms. The fraction of sp³-hybridized carbons (Fsp3) is 0.462. The average Bonchev–Trinajstić information content (AvgIpc) is 3.92. The minimum absolute atomic E-state index is 0.220. The monoisotopic (exact) mass is 1030 g/mol. The second kappa shape index (κ2) is 20.2. The molecule has 1 atom stereocenters. The maximum Gasteiger partial charge on any atom is 0.329 e. The van der Waals surface area contributed by atoms with E-state index in [-0.39, 0.29) is 18.0 Å². The molecule has 16 nitrogen and oxygen atoms in total. The van der Waals surface area contributed by atoms with Crippen molar-refractivity contribution in [2.75, 3.05) is 80.3 Å². The largest absolute Gasteiger partial charge is 0.492 e. The number of piperidine rings is 2. The van der Waals surface area contributed by atoms with E-state index in [9.17, 15) is 18.9 Å². The van der Waals surface area contributed by atoms with Crippen LogP contribution in [-0.2, 0) is 34.0 Å². The van der Waals surface area contributed by atoms with Gasteiger partial charge in [-0.2, -0.15) is 4.98 Å². The number of nitrogens with one attached hydrogen (secondary N) is 3. The SMILES string of the molecule is CCOc1cc(N2CCC(N3CCN(CCc4cccc5c4n(C)c(=O)n5C4CCC(=O)NC4=O)CC3)CC2)c(CC)cc1Nc1ncc(Br)c(Nc2ccc3nc(C)ccc3c2P2(=O)CCCC2)n1. The Balaban J connectivity index is 0.779. The normalized spacial score (nSPS) is 19.3. The molecule has 7 heterocycles. The van der Waals surface area contributed by atoms with Gasteiger partial charge in [0.15, 0.2) is 0 Å². The predicted octanol–water partition coefficient (Wildman–Crippen LogP) is 7.79. The van der Waals surface area contributed by atoms with Crippen LogP contribution in [0, 0.1) is 6.92 Å². The van der Waals surface area contributed by atoms with Crippen LogP contribution >= 0.6 is 23.1 Å². The molecule has 368 valence electrons. The molecular formula is C52H63BrN11O5P. The fourth-order valence-corrected chi connectivity index (χ4v) is 14.9. The number of nitrogens with zero attached hydrogens (tertiary/aromatic N) is 8. The number of ether oxygens (including phenoxy) is 1. The van der Waals surface area contributed by atoms with Crippen LogP contribution in [0.1, 0.15) is 75.2 Å². The first kappa shape index (κ1) is 48.0. The van der Waals surface area contributed by atoms with E-state index in [2.05, 4.69) is 82.8 Å². The molecule has 0 radical (unpaired) electrons. The lowest BCUT2D eigenvalue weighted by Crippen LogP contribution is -2.53. The number of hydrogen-bond acceptors (Lipinski definition) is 13. The van der Waals surface area contributed by atoms with Gasteiger partial charge in [-0.1, -0.05) is 25.1 Å². The first-order chi connectivity index (χ1) is 33.9. The van der Waals surface area contributed by atoms with Crippen molar-refractivity contribution in [2.45, 2.75) is 84.2 Å². The Bertz CT molecular complexity index is 3080. The van der Waals surface area contributed by atoms with Crippen LogP contribution in [0.3, 0.4) is 0 Å². The van der Waals surface area contributed by atoms with Gasteiger partial charge in [0.1, 0.15) is 24.8 Å². The summed E-state index contributed by atoms with van der Waals surface area (Å²) in [6.07, 6.45) is 9.39. The topological polar surface area (TPSA) is 172 Å². The molecule has 0 bridgehead atoms. The Labute approximate surface area is 417 Å². The van der Waals surface area contributed by atoms with Gasteiger partial charge < -0.3 is 29.7 Å². The minimum atomic E-state index is -2.64. The van der Waals surface area contributed by atoms with E-state index in [1.165, 1.54) is 11.3 Å². The third kappa shape index (κ3) is 9.49. The number of anilines is 5. The highest BCUT2D eigenvalue weighted by Crippen LogP contribution is 2.54. The van der Waals surface area contributed by atoms with Crippen LogP contribution in [-0.4, -0.2) is 116 Å². The van der Waals surface area contributed by atoms with Crippen LogP contribution in [0.5, 0.6) is 5.75 Å². The number of imide groups is 1. The Morgan fingerprint density at radius 3 is 2.41 bits per heavy atom. The van der Waals surface area contributed by atoms with Crippen molar-refractivity contribution in [3.63, 3.8) is 0 Å². The fourth-order valence-electron chi connectivity index (χ4n) is 11.3. The zero-order valence-electron chi connectivity index (χ0n) is 40.6. The van der Waals surface area contributed by atoms with Crippen LogP contribution in [0.15, 0.2) is 70.1 Å². The molecule has 10 rings (SSSR count). The van der Waals surface area contributed by atoms with E-state index in [0.717, 1.165) is 140 Å². The summed E-state index contributed by atoms with van der Waals surface area (Å²) in [6.45, 7) is 13.5. The number of aryl methyl sites for hydroxylation is 3. The number of carbonyl (C=O) groups excluding carboxylic acids is 2. The molecule has 4 aliphatic rings. The summed E-state index contributed by atoms with van der Waals surface area (Å²) in [7, 11) is -0.869. The maximum absolute atomic E-state index is 14.5. The Morgan fingerprint density at radius 2 is 1.67 bits per heavy atom. The third-order valence-corrected chi connectivity index (χ3v) is 18.9. The summed E-state index contributed by atoms with van der Waals surface area (Å²) in [5.74, 6) is 1.03. The summed E-state index contributed by atoms with van der Waals surface area (Å²) in [5.41, 5.74) is 8.24. The number of hydrogen-bond donors (Lipinski definition) is 3. The van der Waals surface area contributed by atoms with Gasteiger partial charge >= 0.3 is 5.69 Å². The number of amides is 2. The van der Waals surface area contributed by atoms with E-state index in [1.54, 1.807) is 22.4 Å². The Hall–Kier alpha value is -5.61. The Kier molecular flexibility index (Phi) is 13.9. The van der Waals surface area contributed by atoms with Crippen molar-refractivity contribution in [3.8, 4) is 5.75 Å². The van der Waals surface area contributed by atoms with E-state index in [0.29, 0.717) is 47.6 Å². The van der Waals surface area contributed by atoms with E-state index in [1.807, 2.05) is 44.2 Å². The van der Waals surface area contributed by atoms with Gasteiger partial charge in [-0.15, -0.1) is 0 Å². The van der Waals surface area contributed by atoms with Crippen molar-refractivity contribution in [3.05, 3.63) is 92.6 Å². The van der Waals surface area contributed by atoms with Crippen molar-refractivity contribution >= 4 is 91.0 Å². The van der Waals surface area contributed by atoms with Gasteiger partial charge in [-0.25, -0.2) is 9.78 Å². The molecule has 18 heteroatoms. The number of para-hydroxylation sites is 1. The highest BCUT2D eigenvalue weighted by Gasteiger charge is 2.35. The van der Waals surface area contributed by atoms with Crippen molar-refractivity contribution in [2.24, 2.45) is 7.05 Å². The molecule has 2 amide bonds. The highest BCUT2D eigenvalue weighted by atomic mass is 79.9. The zero-order chi connectivity index (χ0) is 48.7. The van der Waals surface area contributed by atoms with Gasteiger partial charge in [0.05, 0.1) is 39.0 Å². The molecule has 1 unspecified atom stereocenters. The van der Waals surface area contributed by atoms with E-state index in [4.69, 9.17) is 14.7 Å². The number of carbonyl (C=O) groups is 2. The molecule has 4 fully saturated rings. The average molecular weight is 1030 g/mol. The molecule has 70 heavy (non-hydrogen) atoms. The molecule has 0 saturated carbocycles. The van der Waals surface area contributed by atoms with Crippen LogP contribution in [0.4, 0.5) is 28.8 Å². The molecule has 3 aromatic heterocycles. The summed E-state index contributed by atoms with van der Waals surface area (Å²) in [6, 6.07) is 18.2. The van der Waals surface area contributed by atoms with Crippen molar-refractivity contribution < 1.29 is 18.9 Å². The maximum atomic E-state index is 14.5. The van der Waals surface area contributed by atoms with Crippen molar-refractivity contribution in [1.82, 2.24) is 39.2 Å². The van der Waals surface area contributed by atoms with Crippen LogP contribution in [0.25, 0.3) is 21.9 Å². The number of halogens is 1.